The number of nitrogens with zero attached hydrogens (tertiary/aromatic N) is 3. The van der Waals surface area contributed by atoms with Crippen molar-refractivity contribution in [2.24, 2.45) is 5.92 Å². The first kappa shape index (κ1) is 22.8. The highest BCUT2D eigenvalue weighted by Crippen LogP contribution is 2.31. The van der Waals surface area contributed by atoms with Crippen LogP contribution in [0.15, 0.2) is 48.9 Å². The molecule has 2 aromatic heterocycles. The molecular weight excluding hydrogens is 423 g/mol. The van der Waals surface area contributed by atoms with E-state index in [-0.39, 0.29) is 48.9 Å². The lowest BCUT2D eigenvalue weighted by molar-refractivity contribution is 0.0782. The molecule has 0 saturated heterocycles. The number of carbonyl (C=O) groups is 2. The first-order valence-corrected chi connectivity index (χ1v) is 11.1. The summed E-state index contributed by atoms with van der Waals surface area (Å²) in [5.41, 5.74) is 3.21. The third-order valence-electron chi connectivity index (χ3n) is 5.99. The van der Waals surface area contributed by atoms with Crippen molar-refractivity contribution in [3.05, 3.63) is 82.9 Å². The maximum Gasteiger partial charge on any atom is 0.253 e. The molecule has 7 nitrogen and oxygen atoms in total. The summed E-state index contributed by atoms with van der Waals surface area (Å²) in [5.74, 6) is -0.501. The molecule has 4 rings (SSSR count). The van der Waals surface area contributed by atoms with Crippen LogP contribution >= 0.6 is 0 Å². The number of ketones is 1. The maximum absolute atomic E-state index is 13.4. The summed E-state index contributed by atoms with van der Waals surface area (Å²) in [5, 5.41) is 2.85. The smallest absolute Gasteiger partial charge is 0.253 e. The number of aromatic nitrogens is 3. The van der Waals surface area contributed by atoms with E-state index in [2.05, 4.69) is 15.3 Å². The van der Waals surface area contributed by atoms with E-state index in [1.807, 2.05) is 18.4 Å². The Balaban J connectivity index is 1.56. The van der Waals surface area contributed by atoms with E-state index in [4.69, 9.17) is 4.74 Å². The van der Waals surface area contributed by atoms with Gasteiger partial charge >= 0.3 is 0 Å². The Morgan fingerprint density at radius 2 is 2.00 bits per heavy atom. The van der Waals surface area contributed by atoms with Crippen molar-refractivity contribution in [1.29, 1.82) is 0 Å². The molecular formula is C25H27FN4O3. The molecule has 0 unspecified atom stereocenters. The van der Waals surface area contributed by atoms with Gasteiger partial charge < -0.3 is 14.6 Å². The van der Waals surface area contributed by atoms with Gasteiger partial charge in [-0.1, -0.05) is 26.0 Å². The Morgan fingerprint density at radius 3 is 2.70 bits per heavy atom. The van der Waals surface area contributed by atoms with Crippen LogP contribution < -0.4 is 5.32 Å². The number of benzene rings is 1. The van der Waals surface area contributed by atoms with Crippen LogP contribution in [0.2, 0.25) is 0 Å². The summed E-state index contributed by atoms with van der Waals surface area (Å²) in [6, 6.07) is 7.98. The van der Waals surface area contributed by atoms with Crippen molar-refractivity contribution in [3.63, 3.8) is 0 Å². The van der Waals surface area contributed by atoms with Crippen LogP contribution in [0.3, 0.4) is 0 Å². The van der Waals surface area contributed by atoms with E-state index in [1.165, 1.54) is 12.1 Å². The van der Waals surface area contributed by atoms with Crippen LogP contribution in [0.4, 0.5) is 4.39 Å². The maximum atomic E-state index is 13.4. The third-order valence-corrected chi connectivity index (χ3v) is 5.99. The fourth-order valence-electron chi connectivity index (χ4n) is 4.19. The first-order valence-electron chi connectivity index (χ1n) is 11.1. The molecule has 0 fully saturated rings. The molecule has 0 bridgehead atoms. The third kappa shape index (κ3) is 5.17. The SMILES string of the molecule is CC(C)[C@@H](CC(=O)c1cc(C(=O)NCc2cnccn2)c2n1CCOC2)c1ccc(F)cc1. The highest BCUT2D eigenvalue weighted by molar-refractivity contribution is 6.01. The minimum absolute atomic E-state index is 0.0471. The topological polar surface area (TPSA) is 86.1 Å². The van der Waals surface area contributed by atoms with Gasteiger partial charge in [0.1, 0.15) is 5.82 Å². The Morgan fingerprint density at radius 1 is 1.21 bits per heavy atom. The number of Topliss-reactive ketones (excluding diaryl/α,β-unsaturated/α-hetero) is 1. The summed E-state index contributed by atoms with van der Waals surface area (Å²) < 4.78 is 20.9. The van der Waals surface area contributed by atoms with E-state index in [0.29, 0.717) is 35.8 Å². The molecule has 3 aromatic rings. The number of halogens is 1. The predicted octanol–water partition coefficient (Wildman–Crippen LogP) is 3.89. The van der Waals surface area contributed by atoms with Crippen LogP contribution in [-0.2, 0) is 24.4 Å². The number of ether oxygens (including phenoxy) is 1. The van der Waals surface area contributed by atoms with Gasteiger partial charge in [-0.2, -0.15) is 0 Å². The Kier molecular flexibility index (Phi) is 6.93. The van der Waals surface area contributed by atoms with Gasteiger partial charge in [0.15, 0.2) is 5.78 Å². The molecule has 1 aromatic carbocycles. The second kappa shape index (κ2) is 10.0. The van der Waals surface area contributed by atoms with Crippen molar-refractivity contribution in [2.75, 3.05) is 6.61 Å². The number of fused-ring (bicyclic) bond motifs is 1. The van der Waals surface area contributed by atoms with Gasteiger partial charge in [-0.3, -0.25) is 19.6 Å². The molecule has 0 aliphatic carbocycles. The Hall–Kier alpha value is -3.39. The molecule has 1 aliphatic rings. The largest absolute Gasteiger partial charge is 0.373 e. The van der Waals surface area contributed by atoms with Crippen LogP contribution in [-0.4, -0.2) is 32.8 Å². The van der Waals surface area contributed by atoms with Crippen LogP contribution in [0, 0.1) is 11.7 Å². The average Bonchev–Trinajstić information content (AvgIpc) is 3.22. The van der Waals surface area contributed by atoms with Gasteiger partial charge in [-0.05, 0) is 35.6 Å². The lowest BCUT2D eigenvalue weighted by atomic mass is 9.84. The monoisotopic (exact) mass is 450 g/mol. The minimum atomic E-state index is -0.301. The Bertz CT molecular complexity index is 1130. The standard InChI is InChI=1S/C25H27FN4O3/c1-16(2)20(17-3-5-18(26)6-4-17)12-24(31)22-11-21(23-15-33-10-9-30(22)23)25(32)29-14-19-13-27-7-8-28-19/h3-8,11,13,16,20H,9-10,12,14-15H2,1-2H3,(H,29,32)/t20-/m1/s1. The number of amides is 1. The zero-order chi connectivity index (χ0) is 23.4. The molecule has 1 atom stereocenters. The molecule has 3 heterocycles. The van der Waals surface area contributed by atoms with Crippen molar-refractivity contribution >= 4 is 11.7 Å². The zero-order valence-corrected chi connectivity index (χ0v) is 18.8. The molecule has 0 spiro atoms. The molecule has 172 valence electrons. The highest BCUT2D eigenvalue weighted by Gasteiger charge is 2.28. The van der Waals surface area contributed by atoms with E-state index in [0.717, 1.165) is 5.56 Å². The van der Waals surface area contributed by atoms with E-state index < -0.39 is 0 Å². The summed E-state index contributed by atoms with van der Waals surface area (Å²) in [6.45, 7) is 5.60. The van der Waals surface area contributed by atoms with Gasteiger partial charge in [0.2, 0.25) is 0 Å². The summed E-state index contributed by atoms with van der Waals surface area (Å²) in [6.07, 6.45) is 5.00. The van der Waals surface area contributed by atoms with Crippen LogP contribution in [0.5, 0.6) is 0 Å². The molecule has 8 heteroatoms. The summed E-state index contributed by atoms with van der Waals surface area (Å²) in [4.78, 5) is 34.5. The van der Waals surface area contributed by atoms with Crippen molar-refractivity contribution in [2.45, 2.75) is 45.9 Å². The second-order valence-corrected chi connectivity index (χ2v) is 8.50. The number of carbonyl (C=O) groups excluding carboxylic acids is 2. The fourth-order valence-corrected chi connectivity index (χ4v) is 4.19. The van der Waals surface area contributed by atoms with Gasteiger partial charge in [-0.15, -0.1) is 0 Å². The van der Waals surface area contributed by atoms with E-state index in [9.17, 15) is 14.0 Å². The quantitative estimate of drug-likeness (QED) is 0.526. The van der Waals surface area contributed by atoms with Crippen molar-refractivity contribution in [1.82, 2.24) is 19.9 Å². The van der Waals surface area contributed by atoms with Gasteiger partial charge in [0.05, 0.1) is 48.6 Å². The van der Waals surface area contributed by atoms with Gasteiger partial charge in [0.25, 0.3) is 5.91 Å². The normalized spacial score (nSPS) is 14.1. The number of rotatable bonds is 8. The molecule has 1 aliphatic heterocycles. The minimum Gasteiger partial charge on any atom is -0.373 e. The highest BCUT2D eigenvalue weighted by atomic mass is 19.1. The molecule has 0 radical (unpaired) electrons. The fraction of sp³-hybridized carbons (Fsp3) is 0.360. The van der Waals surface area contributed by atoms with Crippen LogP contribution in [0.1, 0.15) is 64.0 Å². The lowest BCUT2D eigenvalue weighted by Gasteiger charge is -2.22. The number of nitrogens with one attached hydrogen (secondary N) is 1. The van der Waals surface area contributed by atoms with E-state index >= 15 is 0 Å². The number of hydrogen-bond acceptors (Lipinski definition) is 5. The molecule has 33 heavy (non-hydrogen) atoms. The molecule has 1 N–H and O–H groups in total. The van der Waals surface area contributed by atoms with E-state index in [1.54, 1.807) is 36.8 Å². The summed E-state index contributed by atoms with van der Waals surface area (Å²) in [7, 11) is 0. The molecule has 0 saturated carbocycles. The van der Waals surface area contributed by atoms with Gasteiger partial charge in [0, 0.05) is 25.4 Å². The number of hydrogen-bond donors (Lipinski definition) is 1. The Labute approximate surface area is 192 Å². The van der Waals surface area contributed by atoms with Gasteiger partial charge in [-0.25, -0.2) is 4.39 Å². The second-order valence-electron chi connectivity index (χ2n) is 8.50. The van der Waals surface area contributed by atoms with Crippen molar-refractivity contribution < 1.29 is 18.7 Å². The predicted molar refractivity (Wildman–Crippen MR) is 120 cm³/mol. The lowest BCUT2D eigenvalue weighted by Crippen LogP contribution is -2.26. The molecule has 1 amide bonds. The summed E-state index contributed by atoms with van der Waals surface area (Å²) >= 11 is 0. The van der Waals surface area contributed by atoms with Crippen LogP contribution in [0.25, 0.3) is 0 Å². The zero-order valence-electron chi connectivity index (χ0n) is 18.8. The first-order chi connectivity index (χ1) is 15.9. The van der Waals surface area contributed by atoms with Crippen molar-refractivity contribution in [3.8, 4) is 0 Å². The average molecular weight is 451 g/mol.